The van der Waals surface area contributed by atoms with Crippen LogP contribution in [0.4, 0.5) is 16.2 Å². The van der Waals surface area contributed by atoms with E-state index in [4.69, 9.17) is 10.8 Å². The number of aromatic nitrogens is 1. The number of nitrogens with two attached hydrogens (primary N) is 1. The molecule has 1 heterocycles. The van der Waals surface area contributed by atoms with Crippen LogP contribution in [0.25, 0.3) is 10.9 Å². The molecule has 5 N–H and O–H groups in total. The molecule has 6 nitrogen and oxygen atoms in total. The van der Waals surface area contributed by atoms with Crippen molar-refractivity contribution >= 4 is 28.4 Å². The van der Waals surface area contributed by atoms with E-state index in [-0.39, 0.29) is 11.5 Å². The van der Waals surface area contributed by atoms with Gasteiger partial charge in [0.1, 0.15) is 0 Å². The van der Waals surface area contributed by atoms with Gasteiger partial charge in [0.15, 0.2) is 0 Å². The van der Waals surface area contributed by atoms with E-state index in [1.54, 1.807) is 6.20 Å². The molecule has 0 saturated heterocycles. The molecular formula is C17H24N4O2. The topological polar surface area (TPSA) is 100 Å². The summed E-state index contributed by atoms with van der Waals surface area (Å²) in [6.45, 7) is 6.67. The average molecular weight is 316 g/mol. The van der Waals surface area contributed by atoms with Crippen LogP contribution >= 0.6 is 0 Å². The van der Waals surface area contributed by atoms with Gasteiger partial charge in [-0.15, -0.1) is 0 Å². The van der Waals surface area contributed by atoms with Crippen LogP contribution in [0.2, 0.25) is 0 Å². The van der Waals surface area contributed by atoms with Crippen molar-refractivity contribution in [2.24, 2.45) is 5.41 Å². The van der Waals surface area contributed by atoms with Crippen LogP contribution in [0.1, 0.15) is 27.2 Å². The summed E-state index contributed by atoms with van der Waals surface area (Å²) in [5, 5.41) is 15.7. The Morgan fingerprint density at radius 3 is 2.70 bits per heavy atom. The van der Waals surface area contributed by atoms with E-state index in [1.807, 2.05) is 24.3 Å². The summed E-state index contributed by atoms with van der Waals surface area (Å²) in [7, 11) is 0. The van der Waals surface area contributed by atoms with Crippen molar-refractivity contribution in [3.8, 4) is 0 Å². The molecule has 2 rings (SSSR count). The molecule has 6 heteroatoms. The van der Waals surface area contributed by atoms with Gasteiger partial charge < -0.3 is 21.5 Å². The SMILES string of the molecule is CC(C)(C)C[C@H](CNC(=O)O)Nc1c(N)cnc2ccccc12. The minimum absolute atomic E-state index is 0.0510. The van der Waals surface area contributed by atoms with Gasteiger partial charge in [-0.3, -0.25) is 4.98 Å². The first kappa shape index (κ1) is 16.9. The Morgan fingerprint density at radius 1 is 1.35 bits per heavy atom. The number of hydrogen-bond acceptors (Lipinski definition) is 4. The highest BCUT2D eigenvalue weighted by atomic mass is 16.4. The molecule has 0 unspecified atom stereocenters. The minimum Gasteiger partial charge on any atom is -0.465 e. The van der Waals surface area contributed by atoms with Crippen LogP contribution in [0.15, 0.2) is 30.5 Å². The van der Waals surface area contributed by atoms with Gasteiger partial charge in [0.25, 0.3) is 0 Å². The number of benzene rings is 1. The molecule has 23 heavy (non-hydrogen) atoms. The third-order valence-corrected chi connectivity index (χ3v) is 3.51. The smallest absolute Gasteiger partial charge is 0.404 e. The standard InChI is InChI=1S/C17H24N4O2/c1-17(2,3)8-11(9-20-16(22)23)21-15-12-6-4-5-7-14(12)19-10-13(15)18/h4-7,10-11,20H,8-9,18H2,1-3H3,(H,19,21)(H,22,23)/t11-/m1/s1. The lowest BCUT2D eigenvalue weighted by Gasteiger charge is -2.28. The zero-order chi connectivity index (χ0) is 17.0. The Bertz CT molecular complexity index is 695. The number of anilines is 2. The Hall–Kier alpha value is -2.50. The van der Waals surface area contributed by atoms with Crippen LogP contribution in [0, 0.1) is 5.41 Å². The third-order valence-electron chi connectivity index (χ3n) is 3.51. The number of amides is 1. The van der Waals surface area contributed by atoms with Crippen molar-refractivity contribution < 1.29 is 9.90 Å². The molecule has 0 aliphatic rings. The van der Waals surface area contributed by atoms with E-state index >= 15 is 0 Å². The summed E-state index contributed by atoms with van der Waals surface area (Å²) in [6.07, 6.45) is 1.39. The zero-order valence-electron chi connectivity index (χ0n) is 13.8. The zero-order valence-corrected chi connectivity index (χ0v) is 13.8. The first-order chi connectivity index (χ1) is 10.8. The number of carbonyl (C=O) groups is 1. The summed E-state index contributed by atoms with van der Waals surface area (Å²) < 4.78 is 0. The summed E-state index contributed by atoms with van der Waals surface area (Å²) in [6, 6.07) is 7.67. The fourth-order valence-corrected chi connectivity index (χ4v) is 2.65. The van der Waals surface area contributed by atoms with Crippen molar-refractivity contribution in [3.05, 3.63) is 30.5 Å². The second-order valence-corrected chi connectivity index (χ2v) is 6.90. The van der Waals surface area contributed by atoms with E-state index in [1.165, 1.54) is 0 Å². The first-order valence-corrected chi connectivity index (χ1v) is 7.63. The van der Waals surface area contributed by atoms with E-state index in [2.05, 4.69) is 36.4 Å². The van der Waals surface area contributed by atoms with Gasteiger partial charge in [-0.05, 0) is 17.9 Å². The molecule has 1 aromatic heterocycles. The largest absolute Gasteiger partial charge is 0.465 e. The number of para-hydroxylation sites is 1. The lowest BCUT2D eigenvalue weighted by Crippen LogP contribution is -2.38. The van der Waals surface area contributed by atoms with Crippen molar-refractivity contribution in [1.29, 1.82) is 0 Å². The molecule has 2 aromatic rings. The maximum atomic E-state index is 10.8. The van der Waals surface area contributed by atoms with Crippen LogP contribution < -0.4 is 16.4 Å². The average Bonchev–Trinajstić information content (AvgIpc) is 2.46. The lowest BCUT2D eigenvalue weighted by molar-refractivity contribution is 0.193. The molecular weight excluding hydrogens is 292 g/mol. The monoisotopic (exact) mass is 316 g/mol. The molecule has 1 atom stereocenters. The number of hydrogen-bond donors (Lipinski definition) is 4. The van der Waals surface area contributed by atoms with Crippen molar-refractivity contribution in [2.75, 3.05) is 17.6 Å². The van der Waals surface area contributed by atoms with Crippen LogP contribution in [0.5, 0.6) is 0 Å². The molecule has 0 saturated carbocycles. The number of pyridine rings is 1. The second-order valence-electron chi connectivity index (χ2n) is 6.90. The fourth-order valence-electron chi connectivity index (χ4n) is 2.65. The van der Waals surface area contributed by atoms with Crippen molar-refractivity contribution in [3.63, 3.8) is 0 Å². The predicted octanol–water partition coefficient (Wildman–Crippen LogP) is 3.30. The van der Waals surface area contributed by atoms with Gasteiger partial charge in [-0.1, -0.05) is 39.0 Å². The molecule has 0 bridgehead atoms. The summed E-state index contributed by atoms with van der Waals surface area (Å²) in [5.74, 6) is 0. The molecule has 0 spiro atoms. The van der Waals surface area contributed by atoms with Crippen molar-refractivity contribution in [2.45, 2.75) is 33.2 Å². The molecule has 0 aliphatic carbocycles. The summed E-state index contributed by atoms with van der Waals surface area (Å²) in [4.78, 5) is 15.2. The highest BCUT2D eigenvalue weighted by molar-refractivity contribution is 5.96. The first-order valence-electron chi connectivity index (χ1n) is 7.63. The second kappa shape index (κ2) is 6.73. The third kappa shape index (κ3) is 4.74. The van der Waals surface area contributed by atoms with Gasteiger partial charge in [-0.25, -0.2) is 4.79 Å². The Balaban J connectivity index is 2.31. The molecule has 0 aliphatic heterocycles. The van der Waals surface area contributed by atoms with Gasteiger partial charge in [0.2, 0.25) is 0 Å². The van der Waals surface area contributed by atoms with Crippen LogP contribution in [-0.4, -0.2) is 28.8 Å². The Labute approximate surface area is 136 Å². The quantitative estimate of drug-likeness (QED) is 0.678. The number of nitrogens with one attached hydrogen (secondary N) is 2. The molecule has 1 amide bonds. The van der Waals surface area contributed by atoms with Crippen LogP contribution in [0.3, 0.4) is 0 Å². The molecule has 0 fully saturated rings. The maximum Gasteiger partial charge on any atom is 0.404 e. The van der Waals surface area contributed by atoms with Gasteiger partial charge in [0.05, 0.1) is 23.1 Å². The minimum atomic E-state index is -1.03. The Kier molecular flexibility index (Phi) is 4.93. The van der Waals surface area contributed by atoms with Gasteiger partial charge >= 0.3 is 6.09 Å². The van der Waals surface area contributed by atoms with Crippen LogP contribution in [-0.2, 0) is 0 Å². The lowest BCUT2D eigenvalue weighted by atomic mass is 9.88. The summed E-state index contributed by atoms with van der Waals surface area (Å²) in [5.41, 5.74) is 8.35. The molecule has 0 radical (unpaired) electrons. The molecule has 124 valence electrons. The number of fused-ring (bicyclic) bond motifs is 1. The number of nitrogen functional groups attached to an aromatic ring is 1. The normalized spacial score (nSPS) is 12.8. The van der Waals surface area contributed by atoms with Gasteiger partial charge in [-0.2, -0.15) is 0 Å². The maximum absolute atomic E-state index is 10.8. The molecule has 1 aromatic carbocycles. The highest BCUT2D eigenvalue weighted by Gasteiger charge is 2.21. The van der Waals surface area contributed by atoms with Crippen molar-refractivity contribution in [1.82, 2.24) is 10.3 Å². The van der Waals surface area contributed by atoms with Gasteiger partial charge in [0, 0.05) is 18.0 Å². The van der Waals surface area contributed by atoms with E-state index in [9.17, 15) is 4.79 Å². The van der Waals surface area contributed by atoms with E-state index in [0.29, 0.717) is 12.2 Å². The number of carboxylic acid groups (broad SMARTS) is 1. The predicted molar refractivity (Wildman–Crippen MR) is 93.7 cm³/mol. The number of nitrogens with zero attached hydrogens (tertiary/aromatic N) is 1. The van der Waals surface area contributed by atoms with E-state index in [0.717, 1.165) is 23.0 Å². The number of rotatable bonds is 5. The summed E-state index contributed by atoms with van der Waals surface area (Å²) >= 11 is 0. The fraction of sp³-hybridized carbons (Fsp3) is 0.412. The highest BCUT2D eigenvalue weighted by Crippen LogP contribution is 2.30. The Morgan fingerprint density at radius 2 is 2.04 bits per heavy atom. The van der Waals surface area contributed by atoms with E-state index < -0.39 is 6.09 Å².